The Bertz CT molecular complexity index is 282. The third kappa shape index (κ3) is 2.20. The number of hydrogen-bond acceptors (Lipinski definition) is 2. The van der Waals surface area contributed by atoms with Gasteiger partial charge in [-0.3, -0.25) is 4.98 Å². The molecule has 0 amide bonds. The lowest BCUT2D eigenvalue weighted by molar-refractivity contribution is 0.411. The van der Waals surface area contributed by atoms with Gasteiger partial charge in [0.25, 0.3) is 0 Å². The monoisotopic (exact) mass is 196 g/mol. The van der Waals surface area contributed by atoms with Crippen LogP contribution < -0.4 is 5.32 Å². The average molecular weight is 197 g/mol. The van der Waals surface area contributed by atoms with Crippen LogP contribution in [0.2, 0.25) is 5.02 Å². The van der Waals surface area contributed by atoms with Gasteiger partial charge in [0.1, 0.15) is 0 Å². The van der Waals surface area contributed by atoms with Gasteiger partial charge in [-0.05, 0) is 31.0 Å². The second-order valence-electron chi connectivity index (χ2n) is 3.44. The van der Waals surface area contributed by atoms with E-state index in [4.69, 9.17) is 11.6 Å². The topological polar surface area (TPSA) is 24.9 Å². The second-order valence-corrected chi connectivity index (χ2v) is 3.88. The van der Waals surface area contributed by atoms with E-state index >= 15 is 0 Å². The van der Waals surface area contributed by atoms with Crippen molar-refractivity contribution >= 4 is 11.6 Å². The van der Waals surface area contributed by atoms with Gasteiger partial charge in [-0.25, -0.2) is 0 Å². The smallest absolute Gasteiger partial charge is 0.0592 e. The van der Waals surface area contributed by atoms with Crippen LogP contribution in [0.5, 0.6) is 0 Å². The Morgan fingerprint density at radius 2 is 2.31 bits per heavy atom. The third-order valence-electron chi connectivity index (χ3n) is 2.44. The van der Waals surface area contributed by atoms with Crippen LogP contribution in [-0.2, 0) is 0 Å². The van der Waals surface area contributed by atoms with E-state index in [1.807, 2.05) is 12.3 Å². The van der Waals surface area contributed by atoms with Gasteiger partial charge in [0.2, 0.25) is 0 Å². The first kappa shape index (κ1) is 8.97. The summed E-state index contributed by atoms with van der Waals surface area (Å²) < 4.78 is 0. The molecule has 0 spiro atoms. The first-order chi connectivity index (χ1) is 6.36. The number of halogens is 1. The lowest BCUT2D eigenvalue weighted by Gasteiger charge is -2.23. The number of piperidine rings is 1. The zero-order chi connectivity index (χ0) is 9.10. The first-order valence-electron chi connectivity index (χ1n) is 4.70. The molecule has 2 nitrogen and oxygen atoms in total. The molecule has 2 rings (SSSR count). The molecule has 0 aliphatic carbocycles. The molecular formula is C10H13ClN2. The molecule has 1 aromatic heterocycles. The van der Waals surface area contributed by atoms with Crippen molar-refractivity contribution in [1.29, 1.82) is 0 Å². The van der Waals surface area contributed by atoms with Crippen molar-refractivity contribution in [1.82, 2.24) is 10.3 Å². The van der Waals surface area contributed by atoms with E-state index in [-0.39, 0.29) is 0 Å². The summed E-state index contributed by atoms with van der Waals surface area (Å²) >= 11 is 5.87. The normalized spacial score (nSPS) is 23.0. The molecule has 2 heterocycles. The Balaban J connectivity index is 2.14. The van der Waals surface area contributed by atoms with E-state index in [0.29, 0.717) is 6.04 Å². The first-order valence-corrected chi connectivity index (χ1v) is 5.08. The van der Waals surface area contributed by atoms with Crippen molar-refractivity contribution in [3.63, 3.8) is 0 Å². The Kier molecular flexibility index (Phi) is 2.81. The molecule has 1 aliphatic rings. The van der Waals surface area contributed by atoms with Crippen LogP contribution in [0.25, 0.3) is 0 Å². The fourth-order valence-corrected chi connectivity index (χ4v) is 1.94. The van der Waals surface area contributed by atoms with E-state index in [1.165, 1.54) is 24.8 Å². The molecule has 1 aliphatic heterocycles. The van der Waals surface area contributed by atoms with Gasteiger partial charge in [0.15, 0.2) is 0 Å². The molecule has 1 N–H and O–H groups in total. The van der Waals surface area contributed by atoms with Gasteiger partial charge >= 0.3 is 0 Å². The van der Waals surface area contributed by atoms with Crippen molar-refractivity contribution in [2.75, 3.05) is 6.54 Å². The summed E-state index contributed by atoms with van der Waals surface area (Å²) in [5.74, 6) is 0. The Morgan fingerprint density at radius 3 is 3.00 bits per heavy atom. The van der Waals surface area contributed by atoms with E-state index in [0.717, 1.165) is 11.6 Å². The molecule has 0 bridgehead atoms. The van der Waals surface area contributed by atoms with Gasteiger partial charge in [0.05, 0.1) is 5.02 Å². The van der Waals surface area contributed by atoms with Crippen LogP contribution >= 0.6 is 11.6 Å². The zero-order valence-corrected chi connectivity index (χ0v) is 8.22. The fraction of sp³-hybridized carbons (Fsp3) is 0.500. The van der Waals surface area contributed by atoms with Gasteiger partial charge in [-0.15, -0.1) is 0 Å². The van der Waals surface area contributed by atoms with E-state index in [9.17, 15) is 0 Å². The molecule has 70 valence electrons. The van der Waals surface area contributed by atoms with Crippen molar-refractivity contribution in [2.45, 2.75) is 25.3 Å². The highest BCUT2D eigenvalue weighted by Crippen LogP contribution is 2.23. The van der Waals surface area contributed by atoms with Crippen LogP contribution in [0, 0.1) is 0 Å². The van der Waals surface area contributed by atoms with Crippen LogP contribution in [0.1, 0.15) is 30.9 Å². The molecule has 1 saturated heterocycles. The molecular weight excluding hydrogens is 184 g/mol. The number of nitrogens with zero attached hydrogens (tertiary/aromatic N) is 1. The van der Waals surface area contributed by atoms with Gasteiger partial charge in [0, 0.05) is 18.4 Å². The summed E-state index contributed by atoms with van der Waals surface area (Å²) in [5.41, 5.74) is 1.22. The predicted octanol–water partition coefficient (Wildman–Crippen LogP) is 2.55. The van der Waals surface area contributed by atoms with E-state index in [2.05, 4.69) is 10.3 Å². The summed E-state index contributed by atoms with van der Waals surface area (Å²) in [6.45, 7) is 1.11. The van der Waals surface area contributed by atoms with Gasteiger partial charge in [-0.2, -0.15) is 0 Å². The largest absolute Gasteiger partial charge is 0.310 e. The number of pyridine rings is 1. The number of rotatable bonds is 1. The molecule has 13 heavy (non-hydrogen) atoms. The highest BCUT2D eigenvalue weighted by Gasteiger charge is 2.14. The molecule has 1 aromatic rings. The molecule has 1 atom stereocenters. The van der Waals surface area contributed by atoms with E-state index < -0.39 is 0 Å². The van der Waals surface area contributed by atoms with Gasteiger partial charge in [-0.1, -0.05) is 18.0 Å². The van der Waals surface area contributed by atoms with Crippen molar-refractivity contribution < 1.29 is 0 Å². The van der Waals surface area contributed by atoms with Crippen molar-refractivity contribution in [2.24, 2.45) is 0 Å². The van der Waals surface area contributed by atoms with Crippen molar-refractivity contribution in [3.05, 3.63) is 29.0 Å². The molecule has 0 saturated carbocycles. The minimum Gasteiger partial charge on any atom is -0.310 e. The quantitative estimate of drug-likeness (QED) is 0.747. The standard InChI is InChI=1S/C10H13ClN2/c11-9-5-8(6-12-7-9)10-3-1-2-4-13-10/h5-7,10,13H,1-4H2/t10-/m0/s1. The lowest BCUT2D eigenvalue weighted by atomic mass is 9.99. The number of hydrogen-bond donors (Lipinski definition) is 1. The Hall–Kier alpha value is -0.600. The van der Waals surface area contributed by atoms with Crippen LogP contribution in [-0.4, -0.2) is 11.5 Å². The maximum Gasteiger partial charge on any atom is 0.0592 e. The second kappa shape index (κ2) is 4.07. The summed E-state index contributed by atoms with van der Waals surface area (Å²) in [6.07, 6.45) is 7.35. The summed E-state index contributed by atoms with van der Waals surface area (Å²) in [7, 11) is 0. The molecule has 0 radical (unpaired) electrons. The summed E-state index contributed by atoms with van der Waals surface area (Å²) in [5, 5.41) is 4.19. The van der Waals surface area contributed by atoms with Crippen LogP contribution in [0.3, 0.4) is 0 Å². The number of aromatic nitrogens is 1. The average Bonchev–Trinajstić information content (AvgIpc) is 2.19. The fourth-order valence-electron chi connectivity index (χ4n) is 1.76. The SMILES string of the molecule is Clc1cncc([C@@H]2CCCCN2)c1. The minimum atomic E-state index is 0.458. The minimum absolute atomic E-state index is 0.458. The summed E-state index contributed by atoms with van der Waals surface area (Å²) in [4.78, 5) is 4.09. The predicted molar refractivity (Wildman–Crippen MR) is 53.8 cm³/mol. The van der Waals surface area contributed by atoms with Crippen LogP contribution in [0.15, 0.2) is 18.5 Å². The van der Waals surface area contributed by atoms with Crippen LogP contribution in [0.4, 0.5) is 0 Å². The van der Waals surface area contributed by atoms with Crippen molar-refractivity contribution in [3.8, 4) is 0 Å². The molecule has 0 unspecified atom stereocenters. The molecule has 3 heteroatoms. The number of nitrogens with one attached hydrogen (secondary N) is 1. The molecule has 1 fully saturated rings. The summed E-state index contributed by atoms with van der Waals surface area (Å²) in [6, 6.07) is 2.46. The Morgan fingerprint density at radius 1 is 1.38 bits per heavy atom. The third-order valence-corrected chi connectivity index (χ3v) is 2.65. The Labute approximate surface area is 83.3 Å². The lowest BCUT2D eigenvalue weighted by Crippen LogP contribution is -2.26. The maximum atomic E-state index is 5.87. The maximum absolute atomic E-state index is 5.87. The van der Waals surface area contributed by atoms with Gasteiger partial charge < -0.3 is 5.32 Å². The van der Waals surface area contributed by atoms with E-state index in [1.54, 1.807) is 6.20 Å². The highest BCUT2D eigenvalue weighted by molar-refractivity contribution is 6.30. The zero-order valence-electron chi connectivity index (χ0n) is 7.46. The molecule has 0 aromatic carbocycles. The highest BCUT2D eigenvalue weighted by atomic mass is 35.5.